The first-order valence-electron chi connectivity index (χ1n) is 5.54. The van der Waals surface area contributed by atoms with Crippen molar-refractivity contribution in [2.75, 3.05) is 0 Å². The minimum atomic E-state index is -1.63. The maximum Gasteiger partial charge on any atom is 0.340 e. The van der Waals surface area contributed by atoms with E-state index >= 15 is 0 Å². The molecule has 0 atom stereocenters. The summed E-state index contributed by atoms with van der Waals surface area (Å²) < 4.78 is 0. The van der Waals surface area contributed by atoms with Crippen LogP contribution in [-0.4, -0.2) is 32.4 Å². The lowest BCUT2D eigenvalue weighted by atomic mass is 9.96. The van der Waals surface area contributed by atoms with E-state index in [4.69, 9.17) is 10.2 Å². The van der Waals surface area contributed by atoms with E-state index in [0.29, 0.717) is 5.56 Å². The van der Waals surface area contributed by atoms with Crippen molar-refractivity contribution in [1.82, 2.24) is 0 Å². The molecule has 20 heavy (non-hydrogen) atoms. The molecule has 0 bridgehead atoms. The van der Waals surface area contributed by atoms with Crippen LogP contribution < -0.4 is 0 Å². The van der Waals surface area contributed by atoms with Crippen molar-refractivity contribution < 1.29 is 30.0 Å². The third-order valence-electron chi connectivity index (χ3n) is 2.80. The average molecular weight is 274 g/mol. The highest BCUT2D eigenvalue weighted by molar-refractivity contribution is 6.06. The van der Waals surface area contributed by atoms with Gasteiger partial charge in [-0.1, -0.05) is 30.3 Å². The zero-order valence-corrected chi connectivity index (χ0v) is 10.1. The summed E-state index contributed by atoms with van der Waals surface area (Å²) in [4.78, 5) is 22.1. The normalized spacial score (nSPS) is 10.2. The van der Waals surface area contributed by atoms with Gasteiger partial charge in [0.1, 0.15) is 5.56 Å². The van der Waals surface area contributed by atoms with Crippen LogP contribution in [0, 0.1) is 0 Å². The van der Waals surface area contributed by atoms with Gasteiger partial charge < -0.3 is 20.4 Å². The van der Waals surface area contributed by atoms with Crippen LogP contribution in [0.5, 0.6) is 11.5 Å². The Morgan fingerprint density at radius 1 is 0.850 bits per heavy atom. The summed E-state index contributed by atoms with van der Waals surface area (Å²) in [5.41, 5.74) is -0.924. The van der Waals surface area contributed by atoms with Crippen molar-refractivity contribution in [3.8, 4) is 22.6 Å². The van der Waals surface area contributed by atoms with Crippen LogP contribution in [0.25, 0.3) is 11.1 Å². The number of rotatable bonds is 3. The molecule has 0 unspecified atom stereocenters. The predicted molar refractivity (Wildman–Crippen MR) is 69.1 cm³/mol. The molecule has 0 aromatic heterocycles. The van der Waals surface area contributed by atoms with Crippen LogP contribution in [0.2, 0.25) is 0 Å². The topological polar surface area (TPSA) is 115 Å². The van der Waals surface area contributed by atoms with E-state index in [-0.39, 0.29) is 5.56 Å². The van der Waals surface area contributed by atoms with Gasteiger partial charge in [0.15, 0.2) is 11.5 Å². The Morgan fingerprint density at radius 3 is 1.95 bits per heavy atom. The minimum absolute atomic E-state index is 0.0468. The Labute approximate surface area is 113 Å². The number of benzene rings is 2. The van der Waals surface area contributed by atoms with Gasteiger partial charge in [0.05, 0.1) is 5.56 Å². The quantitative estimate of drug-likeness (QED) is 0.637. The molecule has 2 rings (SSSR count). The van der Waals surface area contributed by atoms with Crippen molar-refractivity contribution in [2.45, 2.75) is 0 Å². The summed E-state index contributed by atoms with van der Waals surface area (Å²) in [6.45, 7) is 0. The van der Waals surface area contributed by atoms with Crippen LogP contribution in [0.1, 0.15) is 20.7 Å². The minimum Gasteiger partial charge on any atom is -0.504 e. The SMILES string of the molecule is O=C(O)c1cc(-c2ccccc2)c(O)c(O)c1C(=O)O. The van der Waals surface area contributed by atoms with Crippen molar-refractivity contribution in [2.24, 2.45) is 0 Å². The van der Waals surface area contributed by atoms with Crippen molar-refractivity contribution in [3.63, 3.8) is 0 Å². The van der Waals surface area contributed by atoms with Gasteiger partial charge in [-0.15, -0.1) is 0 Å². The van der Waals surface area contributed by atoms with Crippen LogP contribution in [-0.2, 0) is 0 Å². The van der Waals surface area contributed by atoms with Crippen LogP contribution in [0.4, 0.5) is 0 Å². The molecule has 0 fully saturated rings. The van der Waals surface area contributed by atoms with Crippen molar-refractivity contribution in [1.29, 1.82) is 0 Å². The molecule has 6 nitrogen and oxygen atoms in total. The number of aromatic hydroxyl groups is 2. The molecule has 0 aliphatic heterocycles. The summed E-state index contributed by atoms with van der Waals surface area (Å²) >= 11 is 0. The first kappa shape index (κ1) is 13.4. The molecule has 0 amide bonds. The van der Waals surface area contributed by atoms with Crippen LogP contribution in [0.15, 0.2) is 36.4 Å². The van der Waals surface area contributed by atoms with Crippen molar-refractivity contribution >= 4 is 11.9 Å². The Bertz CT molecular complexity index is 691. The summed E-state index contributed by atoms with van der Waals surface area (Å²) in [5, 5.41) is 37.6. The summed E-state index contributed by atoms with van der Waals surface area (Å²) in [6, 6.07) is 9.27. The molecule has 102 valence electrons. The Hall–Kier alpha value is -3.02. The van der Waals surface area contributed by atoms with E-state index in [1.807, 2.05) is 0 Å². The molecule has 0 spiro atoms. The number of hydrogen-bond acceptors (Lipinski definition) is 4. The van der Waals surface area contributed by atoms with Gasteiger partial charge in [-0.25, -0.2) is 9.59 Å². The van der Waals surface area contributed by atoms with Gasteiger partial charge in [-0.3, -0.25) is 0 Å². The number of phenols is 2. The standard InChI is InChI=1S/C14H10O6/c15-11-8(7-4-2-1-3-5-7)6-9(13(17)18)10(12(11)16)14(19)20/h1-6,15-16H,(H,17,18)(H,19,20). The fraction of sp³-hybridized carbons (Fsp3) is 0. The lowest BCUT2D eigenvalue weighted by molar-refractivity contribution is 0.0648. The summed E-state index contributed by atoms with van der Waals surface area (Å²) in [7, 11) is 0. The second-order valence-corrected chi connectivity index (χ2v) is 4.02. The Kier molecular flexibility index (Phi) is 3.30. The largest absolute Gasteiger partial charge is 0.504 e. The second-order valence-electron chi connectivity index (χ2n) is 4.02. The monoisotopic (exact) mass is 274 g/mol. The Morgan fingerprint density at radius 2 is 1.45 bits per heavy atom. The maximum absolute atomic E-state index is 11.1. The first-order valence-corrected chi connectivity index (χ1v) is 5.54. The summed E-state index contributed by atoms with van der Waals surface area (Å²) in [5.74, 6) is -4.76. The van der Waals surface area contributed by atoms with Crippen molar-refractivity contribution in [3.05, 3.63) is 47.5 Å². The molecule has 0 aliphatic carbocycles. The van der Waals surface area contributed by atoms with Gasteiger partial charge >= 0.3 is 11.9 Å². The fourth-order valence-corrected chi connectivity index (χ4v) is 1.88. The van der Waals surface area contributed by atoms with E-state index in [1.54, 1.807) is 30.3 Å². The van der Waals surface area contributed by atoms with E-state index in [1.165, 1.54) is 0 Å². The lowest BCUT2D eigenvalue weighted by Crippen LogP contribution is -2.09. The number of hydrogen-bond donors (Lipinski definition) is 4. The van der Waals surface area contributed by atoms with Gasteiger partial charge in [0.2, 0.25) is 0 Å². The smallest absolute Gasteiger partial charge is 0.340 e. The first-order chi connectivity index (χ1) is 9.43. The molecule has 0 heterocycles. The van der Waals surface area contributed by atoms with Gasteiger partial charge in [0.25, 0.3) is 0 Å². The van der Waals surface area contributed by atoms with Crippen LogP contribution in [0.3, 0.4) is 0 Å². The highest BCUT2D eigenvalue weighted by Gasteiger charge is 2.26. The predicted octanol–water partition coefficient (Wildman–Crippen LogP) is 2.16. The number of phenolic OH excluding ortho intramolecular Hbond substituents is 1. The number of carbonyl (C=O) groups is 2. The molecule has 0 saturated carbocycles. The van der Waals surface area contributed by atoms with Gasteiger partial charge in [0, 0.05) is 5.56 Å². The van der Waals surface area contributed by atoms with Crippen LogP contribution >= 0.6 is 0 Å². The van der Waals surface area contributed by atoms with Gasteiger partial charge in [-0.2, -0.15) is 0 Å². The van der Waals surface area contributed by atoms with E-state index in [0.717, 1.165) is 6.07 Å². The third kappa shape index (κ3) is 2.14. The molecule has 6 heteroatoms. The molecule has 2 aromatic rings. The molecule has 0 aliphatic rings. The molecule has 0 saturated heterocycles. The maximum atomic E-state index is 11.1. The third-order valence-corrected chi connectivity index (χ3v) is 2.80. The number of carboxylic acids is 2. The zero-order valence-electron chi connectivity index (χ0n) is 10.1. The van der Waals surface area contributed by atoms with E-state index in [9.17, 15) is 19.8 Å². The molecule has 2 aromatic carbocycles. The second kappa shape index (κ2) is 4.93. The highest BCUT2D eigenvalue weighted by Crippen LogP contribution is 2.40. The van der Waals surface area contributed by atoms with Gasteiger partial charge in [-0.05, 0) is 11.6 Å². The highest BCUT2D eigenvalue weighted by atomic mass is 16.4. The average Bonchev–Trinajstić information content (AvgIpc) is 2.41. The van der Waals surface area contributed by atoms with E-state index in [2.05, 4.69) is 0 Å². The molecular weight excluding hydrogens is 264 g/mol. The number of aromatic carboxylic acids is 2. The zero-order chi connectivity index (χ0) is 14.9. The van der Waals surface area contributed by atoms with E-state index < -0.39 is 34.6 Å². The molecule has 0 radical (unpaired) electrons. The number of carboxylic acid groups (broad SMARTS) is 2. The summed E-state index contributed by atoms with van der Waals surface area (Å²) in [6.07, 6.45) is 0. The lowest BCUT2D eigenvalue weighted by Gasteiger charge is -2.11. The Balaban J connectivity index is 2.80. The fourth-order valence-electron chi connectivity index (χ4n) is 1.88. The molecular formula is C14H10O6. The molecule has 4 N–H and O–H groups in total.